The van der Waals surface area contributed by atoms with Gasteiger partial charge in [-0.1, -0.05) is 6.92 Å². The van der Waals surface area contributed by atoms with E-state index >= 15 is 0 Å². The average molecular weight is 260 g/mol. The largest absolute Gasteiger partial charge is 0.381 e. The average Bonchev–Trinajstić information content (AvgIpc) is 2.81. The number of thioether (sulfide) groups is 1. The van der Waals surface area contributed by atoms with Gasteiger partial charge >= 0.3 is 6.03 Å². The lowest BCUT2D eigenvalue weighted by Crippen LogP contribution is -2.41. The highest BCUT2D eigenvalue weighted by atomic mass is 32.2. The van der Waals surface area contributed by atoms with Gasteiger partial charge in [0.05, 0.1) is 6.61 Å². The second-order valence-electron chi connectivity index (χ2n) is 4.49. The number of hydrogen-bond acceptors (Lipinski definition) is 3. The normalized spacial score (nSPS) is 21.6. The maximum Gasteiger partial charge on any atom is 0.317 e. The smallest absolute Gasteiger partial charge is 0.317 e. The van der Waals surface area contributed by atoms with Crippen molar-refractivity contribution in [1.29, 1.82) is 0 Å². The van der Waals surface area contributed by atoms with Gasteiger partial charge in [-0.05, 0) is 19.6 Å². The summed E-state index contributed by atoms with van der Waals surface area (Å²) in [6.45, 7) is 8.09. The first kappa shape index (κ1) is 14.6. The summed E-state index contributed by atoms with van der Waals surface area (Å²) in [4.78, 5) is 13.7. The molecule has 0 radical (unpaired) electrons. The van der Waals surface area contributed by atoms with Crippen LogP contribution >= 0.6 is 11.8 Å². The first-order valence-electron chi connectivity index (χ1n) is 6.30. The quantitative estimate of drug-likeness (QED) is 0.792. The van der Waals surface area contributed by atoms with Gasteiger partial charge in [0.1, 0.15) is 0 Å². The minimum absolute atomic E-state index is 0.0740. The minimum atomic E-state index is 0.0740. The number of carbonyl (C=O) groups is 1. The van der Waals surface area contributed by atoms with Gasteiger partial charge in [0.2, 0.25) is 0 Å². The van der Waals surface area contributed by atoms with Crippen LogP contribution in [0.5, 0.6) is 0 Å². The van der Waals surface area contributed by atoms with Crippen LogP contribution in [0, 0.1) is 5.92 Å². The van der Waals surface area contributed by atoms with Crippen LogP contribution in [0.15, 0.2) is 0 Å². The van der Waals surface area contributed by atoms with Crippen molar-refractivity contribution in [2.24, 2.45) is 5.92 Å². The number of ether oxygens (including phenoxy) is 1. The molecular weight excluding hydrogens is 236 g/mol. The highest BCUT2D eigenvalue weighted by Crippen LogP contribution is 2.16. The van der Waals surface area contributed by atoms with E-state index in [9.17, 15) is 4.79 Å². The van der Waals surface area contributed by atoms with E-state index in [1.807, 2.05) is 11.8 Å². The Labute approximate surface area is 108 Å². The molecule has 0 aromatic rings. The Balaban J connectivity index is 2.21. The molecule has 1 aliphatic heterocycles. The maximum absolute atomic E-state index is 11.8. The molecule has 0 spiro atoms. The number of nitrogens with one attached hydrogen (secondary N) is 1. The van der Waals surface area contributed by atoms with Crippen molar-refractivity contribution in [1.82, 2.24) is 10.2 Å². The highest BCUT2D eigenvalue weighted by molar-refractivity contribution is 7.99. The van der Waals surface area contributed by atoms with Crippen LogP contribution in [-0.4, -0.2) is 55.3 Å². The van der Waals surface area contributed by atoms with Crippen LogP contribution in [0.3, 0.4) is 0 Å². The molecule has 1 saturated heterocycles. The molecule has 1 aliphatic rings. The van der Waals surface area contributed by atoms with Crippen molar-refractivity contribution < 1.29 is 9.53 Å². The standard InChI is InChI=1S/C12H24N2O2S/c1-4-16-9-11-5-6-14(8-11)12(15)13-7-10(2)17-3/h10-11H,4-9H2,1-3H3,(H,13,15)/t10-,11-/m0/s1. The van der Waals surface area contributed by atoms with E-state index in [2.05, 4.69) is 18.5 Å². The van der Waals surface area contributed by atoms with Crippen molar-refractivity contribution in [3.8, 4) is 0 Å². The number of likely N-dealkylation sites (tertiary alicyclic amines) is 1. The van der Waals surface area contributed by atoms with Crippen molar-refractivity contribution >= 4 is 17.8 Å². The van der Waals surface area contributed by atoms with Crippen LogP contribution in [0.2, 0.25) is 0 Å². The molecule has 5 heteroatoms. The van der Waals surface area contributed by atoms with E-state index in [1.54, 1.807) is 11.8 Å². The molecule has 4 nitrogen and oxygen atoms in total. The molecule has 1 fully saturated rings. The van der Waals surface area contributed by atoms with Gasteiger partial charge in [0, 0.05) is 37.4 Å². The van der Waals surface area contributed by atoms with E-state index < -0.39 is 0 Å². The highest BCUT2D eigenvalue weighted by Gasteiger charge is 2.26. The molecular formula is C12H24N2O2S. The third kappa shape index (κ3) is 5.17. The minimum Gasteiger partial charge on any atom is -0.381 e. The topological polar surface area (TPSA) is 41.6 Å². The first-order chi connectivity index (χ1) is 8.17. The number of amides is 2. The van der Waals surface area contributed by atoms with Crippen LogP contribution in [0.1, 0.15) is 20.3 Å². The summed E-state index contributed by atoms with van der Waals surface area (Å²) < 4.78 is 5.40. The van der Waals surface area contributed by atoms with Gasteiger partial charge in [-0.2, -0.15) is 11.8 Å². The zero-order chi connectivity index (χ0) is 12.7. The molecule has 0 saturated carbocycles. The van der Waals surface area contributed by atoms with Crippen LogP contribution in [0.4, 0.5) is 4.79 Å². The molecule has 0 unspecified atom stereocenters. The Hall–Kier alpha value is -0.420. The number of hydrogen-bond donors (Lipinski definition) is 1. The van der Waals surface area contributed by atoms with Crippen molar-refractivity contribution in [3.05, 3.63) is 0 Å². The summed E-state index contributed by atoms with van der Waals surface area (Å²) in [5.74, 6) is 0.513. The van der Waals surface area contributed by atoms with E-state index in [-0.39, 0.29) is 6.03 Å². The lowest BCUT2D eigenvalue weighted by molar-refractivity contribution is 0.113. The Morgan fingerprint density at radius 3 is 3.06 bits per heavy atom. The Bertz CT molecular complexity index is 239. The number of nitrogens with zero attached hydrogens (tertiary/aromatic N) is 1. The van der Waals surface area contributed by atoms with Crippen LogP contribution in [0.25, 0.3) is 0 Å². The van der Waals surface area contributed by atoms with E-state index in [0.29, 0.717) is 11.2 Å². The van der Waals surface area contributed by atoms with Gasteiger partial charge in [-0.25, -0.2) is 4.79 Å². The van der Waals surface area contributed by atoms with Gasteiger partial charge < -0.3 is 15.0 Å². The maximum atomic E-state index is 11.8. The van der Waals surface area contributed by atoms with Gasteiger partial charge in [0.25, 0.3) is 0 Å². The fourth-order valence-corrected chi connectivity index (χ4v) is 2.11. The predicted molar refractivity (Wildman–Crippen MR) is 72.5 cm³/mol. The lowest BCUT2D eigenvalue weighted by Gasteiger charge is -2.18. The van der Waals surface area contributed by atoms with Crippen molar-refractivity contribution in [2.45, 2.75) is 25.5 Å². The van der Waals surface area contributed by atoms with Crippen molar-refractivity contribution in [3.63, 3.8) is 0 Å². The zero-order valence-electron chi connectivity index (χ0n) is 11.1. The molecule has 1 rings (SSSR count). The first-order valence-corrected chi connectivity index (χ1v) is 7.59. The monoisotopic (exact) mass is 260 g/mol. The van der Waals surface area contributed by atoms with E-state index in [1.165, 1.54) is 0 Å². The molecule has 100 valence electrons. The van der Waals surface area contributed by atoms with E-state index in [0.717, 1.165) is 39.3 Å². The second-order valence-corrected chi connectivity index (χ2v) is 5.77. The molecule has 2 amide bonds. The summed E-state index contributed by atoms with van der Waals surface area (Å²) in [6, 6.07) is 0.0740. The summed E-state index contributed by atoms with van der Waals surface area (Å²) in [5, 5.41) is 3.45. The molecule has 0 bridgehead atoms. The lowest BCUT2D eigenvalue weighted by atomic mass is 10.1. The Kier molecular flexibility index (Phi) is 6.73. The SMILES string of the molecule is CCOC[C@H]1CCN(C(=O)NC[C@H](C)SC)C1. The third-order valence-corrected chi connectivity index (χ3v) is 4.05. The number of carbonyl (C=O) groups excluding carboxylic acids is 1. The Morgan fingerprint density at radius 2 is 2.41 bits per heavy atom. The number of rotatable bonds is 6. The Morgan fingerprint density at radius 1 is 1.65 bits per heavy atom. The van der Waals surface area contributed by atoms with Gasteiger partial charge in [-0.3, -0.25) is 0 Å². The fourth-order valence-electron chi connectivity index (χ4n) is 1.86. The van der Waals surface area contributed by atoms with Crippen LogP contribution in [-0.2, 0) is 4.74 Å². The molecule has 1 heterocycles. The molecule has 0 aromatic heterocycles. The van der Waals surface area contributed by atoms with E-state index in [4.69, 9.17) is 4.74 Å². The molecule has 17 heavy (non-hydrogen) atoms. The third-order valence-electron chi connectivity index (χ3n) is 3.07. The molecule has 2 atom stereocenters. The molecule has 1 N–H and O–H groups in total. The predicted octanol–water partition coefficient (Wildman–Crippen LogP) is 1.81. The van der Waals surface area contributed by atoms with Gasteiger partial charge in [0.15, 0.2) is 0 Å². The second kappa shape index (κ2) is 7.82. The summed E-state index contributed by atoms with van der Waals surface area (Å²) in [6.07, 6.45) is 3.12. The van der Waals surface area contributed by atoms with Crippen LogP contribution < -0.4 is 5.32 Å². The van der Waals surface area contributed by atoms with Crippen molar-refractivity contribution in [2.75, 3.05) is 39.1 Å². The number of urea groups is 1. The zero-order valence-corrected chi connectivity index (χ0v) is 11.9. The molecule has 0 aromatic carbocycles. The fraction of sp³-hybridized carbons (Fsp3) is 0.917. The summed E-state index contributed by atoms with van der Waals surface area (Å²) in [5.41, 5.74) is 0. The summed E-state index contributed by atoms with van der Waals surface area (Å²) in [7, 11) is 0. The van der Waals surface area contributed by atoms with Gasteiger partial charge in [-0.15, -0.1) is 0 Å². The molecule has 0 aliphatic carbocycles. The summed E-state index contributed by atoms with van der Waals surface area (Å²) >= 11 is 1.77.